The molecule has 0 bridgehead atoms. The van der Waals surface area contributed by atoms with Crippen LogP contribution in [-0.2, 0) is 15.9 Å². The number of alkyl halides is 1. The molecule has 6 heteroatoms. The molecule has 1 aromatic heterocycles. The number of furan rings is 1. The van der Waals surface area contributed by atoms with Crippen molar-refractivity contribution < 1.29 is 12.8 Å². The zero-order valence-electron chi connectivity index (χ0n) is 11.3. The minimum atomic E-state index is -3.49. The van der Waals surface area contributed by atoms with E-state index in [0.717, 1.165) is 12.8 Å². The highest BCUT2D eigenvalue weighted by atomic mass is 35.5. The molecular formula is C13H20ClNO3S. The fraction of sp³-hybridized carbons (Fsp3) is 0.692. The summed E-state index contributed by atoms with van der Waals surface area (Å²) in [5.41, 5.74) is 0. The van der Waals surface area contributed by atoms with E-state index >= 15 is 0 Å². The van der Waals surface area contributed by atoms with Gasteiger partial charge in [-0.05, 0) is 36.8 Å². The molecule has 108 valence electrons. The Kier molecular flexibility index (Phi) is 4.58. The second-order valence-corrected chi connectivity index (χ2v) is 7.48. The highest BCUT2D eigenvalue weighted by molar-refractivity contribution is 7.89. The number of sulfonamides is 1. The molecule has 2 heterocycles. The molecule has 1 saturated heterocycles. The predicted octanol–water partition coefficient (Wildman–Crippen LogP) is 3.08. The summed E-state index contributed by atoms with van der Waals surface area (Å²) in [7, 11) is -3.49. The van der Waals surface area contributed by atoms with Crippen molar-refractivity contribution in [2.45, 2.75) is 37.7 Å². The number of halogens is 1. The van der Waals surface area contributed by atoms with Crippen LogP contribution in [-0.4, -0.2) is 25.8 Å². The lowest BCUT2D eigenvalue weighted by Gasteiger charge is -2.32. The number of rotatable bonds is 4. The monoisotopic (exact) mass is 305 g/mol. The van der Waals surface area contributed by atoms with Crippen LogP contribution in [0.15, 0.2) is 21.6 Å². The third-order valence-corrected chi connectivity index (χ3v) is 5.84. The van der Waals surface area contributed by atoms with E-state index in [0.29, 0.717) is 30.7 Å². The van der Waals surface area contributed by atoms with Gasteiger partial charge in [0.2, 0.25) is 5.09 Å². The van der Waals surface area contributed by atoms with E-state index in [1.807, 2.05) is 0 Å². The molecule has 0 unspecified atom stereocenters. The number of hydrogen-bond acceptors (Lipinski definition) is 3. The first-order valence-corrected chi connectivity index (χ1v) is 8.57. The summed E-state index contributed by atoms with van der Waals surface area (Å²) in [6.45, 7) is 5.52. The lowest BCUT2D eigenvalue weighted by atomic mass is 9.87. The molecule has 1 fully saturated rings. The molecule has 19 heavy (non-hydrogen) atoms. The van der Waals surface area contributed by atoms with Crippen molar-refractivity contribution in [3.8, 4) is 0 Å². The van der Waals surface area contributed by atoms with Gasteiger partial charge in [0.25, 0.3) is 10.0 Å². The van der Waals surface area contributed by atoms with Crippen molar-refractivity contribution in [2.24, 2.45) is 11.8 Å². The fourth-order valence-corrected chi connectivity index (χ4v) is 4.02. The lowest BCUT2D eigenvalue weighted by Crippen LogP contribution is -2.39. The third-order valence-electron chi connectivity index (χ3n) is 3.80. The van der Waals surface area contributed by atoms with E-state index in [1.54, 1.807) is 6.07 Å². The molecule has 0 aromatic carbocycles. The minimum absolute atomic E-state index is 0.00569. The van der Waals surface area contributed by atoms with Crippen molar-refractivity contribution in [2.75, 3.05) is 13.1 Å². The van der Waals surface area contributed by atoms with Gasteiger partial charge in [0.1, 0.15) is 5.76 Å². The van der Waals surface area contributed by atoms with Gasteiger partial charge < -0.3 is 4.42 Å². The second kappa shape index (κ2) is 5.85. The smallest absolute Gasteiger partial charge is 0.276 e. The van der Waals surface area contributed by atoms with Crippen molar-refractivity contribution in [1.29, 1.82) is 0 Å². The molecule has 0 saturated carbocycles. The van der Waals surface area contributed by atoms with Crippen molar-refractivity contribution >= 4 is 21.6 Å². The highest BCUT2D eigenvalue weighted by Gasteiger charge is 2.32. The summed E-state index contributed by atoms with van der Waals surface area (Å²) in [4.78, 5) is 0. The maximum atomic E-state index is 12.4. The third kappa shape index (κ3) is 3.15. The Hall–Kier alpha value is -0.520. The van der Waals surface area contributed by atoms with E-state index in [9.17, 15) is 8.42 Å². The summed E-state index contributed by atoms with van der Waals surface area (Å²) in [6.07, 6.45) is 1.83. The van der Waals surface area contributed by atoms with Gasteiger partial charge in [-0.2, -0.15) is 4.31 Å². The Morgan fingerprint density at radius 2 is 2.00 bits per heavy atom. The summed E-state index contributed by atoms with van der Waals surface area (Å²) < 4.78 is 31.5. The molecule has 1 aromatic rings. The van der Waals surface area contributed by atoms with Crippen molar-refractivity contribution in [1.82, 2.24) is 4.31 Å². The summed E-state index contributed by atoms with van der Waals surface area (Å²) in [5, 5.41) is 0.00569. The van der Waals surface area contributed by atoms with Gasteiger partial charge in [0.05, 0.1) is 5.88 Å². The van der Waals surface area contributed by atoms with Gasteiger partial charge in [-0.25, -0.2) is 8.42 Å². The number of hydrogen-bond donors (Lipinski definition) is 0. The Bertz CT molecular complexity index is 516. The molecule has 1 aliphatic heterocycles. The first kappa shape index (κ1) is 14.9. The Labute approximate surface area is 119 Å². The molecule has 0 atom stereocenters. The Balaban J connectivity index is 2.09. The molecule has 0 amide bonds. The molecule has 2 rings (SSSR count). The highest BCUT2D eigenvalue weighted by Crippen LogP contribution is 2.28. The maximum absolute atomic E-state index is 12.4. The molecule has 0 spiro atoms. The van der Waals surface area contributed by atoms with Gasteiger partial charge in [-0.3, -0.25) is 0 Å². The molecule has 0 N–H and O–H groups in total. The van der Waals surface area contributed by atoms with Crippen LogP contribution in [0, 0.1) is 11.8 Å². The largest absolute Gasteiger partial charge is 0.447 e. The molecule has 0 aliphatic carbocycles. The van der Waals surface area contributed by atoms with Crippen molar-refractivity contribution in [3.05, 3.63) is 17.9 Å². The van der Waals surface area contributed by atoms with Crippen LogP contribution in [0.3, 0.4) is 0 Å². The fourth-order valence-electron chi connectivity index (χ4n) is 2.48. The van der Waals surface area contributed by atoms with E-state index in [4.69, 9.17) is 16.0 Å². The quantitative estimate of drug-likeness (QED) is 0.803. The molecule has 0 radical (unpaired) electrons. The van der Waals surface area contributed by atoms with Gasteiger partial charge in [-0.1, -0.05) is 13.8 Å². The van der Waals surface area contributed by atoms with Gasteiger partial charge >= 0.3 is 0 Å². The second-order valence-electron chi connectivity index (χ2n) is 5.34. The topological polar surface area (TPSA) is 50.5 Å². The van der Waals surface area contributed by atoms with E-state index in [2.05, 4.69) is 13.8 Å². The lowest BCUT2D eigenvalue weighted by molar-refractivity contribution is 0.223. The first-order chi connectivity index (χ1) is 8.95. The van der Waals surface area contributed by atoms with Crippen LogP contribution in [0.5, 0.6) is 0 Å². The maximum Gasteiger partial charge on any atom is 0.276 e. The van der Waals surface area contributed by atoms with Gasteiger partial charge in [-0.15, -0.1) is 11.6 Å². The van der Waals surface area contributed by atoms with Crippen LogP contribution in [0.1, 0.15) is 32.4 Å². The number of nitrogens with zero attached hydrogens (tertiary/aromatic N) is 1. The van der Waals surface area contributed by atoms with Crippen LogP contribution < -0.4 is 0 Å². The van der Waals surface area contributed by atoms with E-state index in [-0.39, 0.29) is 11.0 Å². The average Bonchev–Trinajstić information content (AvgIpc) is 2.88. The van der Waals surface area contributed by atoms with Crippen LogP contribution in [0.25, 0.3) is 0 Å². The first-order valence-electron chi connectivity index (χ1n) is 6.60. The van der Waals surface area contributed by atoms with E-state index in [1.165, 1.54) is 10.4 Å². The molecular weight excluding hydrogens is 286 g/mol. The van der Waals surface area contributed by atoms with E-state index < -0.39 is 10.0 Å². The van der Waals surface area contributed by atoms with Crippen LogP contribution in [0.4, 0.5) is 0 Å². The summed E-state index contributed by atoms with van der Waals surface area (Å²) >= 11 is 5.63. The zero-order chi connectivity index (χ0) is 14.0. The molecule has 1 aliphatic rings. The molecule has 4 nitrogen and oxygen atoms in total. The summed E-state index contributed by atoms with van der Waals surface area (Å²) in [6, 6.07) is 3.10. The van der Waals surface area contributed by atoms with Gasteiger partial charge in [0, 0.05) is 13.1 Å². The van der Waals surface area contributed by atoms with Crippen LogP contribution >= 0.6 is 11.6 Å². The number of piperidine rings is 1. The standard InChI is InChI=1S/C13H20ClNO3S/c1-10(2)11-5-7-15(8-6-11)19(16,17)13-4-3-12(9-14)18-13/h3-4,10-11H,5-9H2,1-2H3. The SMILES string of the molecule is CC(C)C1CCN(S(=O)(=O)c2ccc(CCl)o2)CC1. The average molecular weight is 306 g/mol. The summed E-state index contributed by atoms with van der Waals surface area (Å²) in [5.74, 6) is 1.89. The van der Waals surface area contributed by atoms with Crippen LogP contribution in [0.2, 0.25) is 0 Å². The Morgan fingerprint density at radius 3 is 2.47 bits per heavy atom. The normalized spacial score (nSPS) is 19.2. The minimum Gasteiger partial charge on any atom is -0.447 e. The zero-order valence-corrected chi connectivity index (χ0v) is 12.9. The Morgan fingerprint density at radius 1 is 1.37 bits per heavy atom. The van der Waals surface area contributed by atoms with Gasteiger partial charge in [0.15, 0.2) is 0 Å². The van der Waals surface area contributed by atoms with Crippen molar-refractivity contribution in [3.63, 3.8) is 0 Å². The predicted molar refractivity (Wildman–Crippen MR) is 74.6 cm³/mol.